The third-order valence-corrected chi connectivity index (χ3v) is 5.41. The molecule has 0 fully saturated rings. The number of alkyl halides is 3. The third kappa shape index (κ3) is 6.25. The van der Waals surface area contributed by atoms with Crippen LogP contribution in [0.4, 0.5) is 30.2 Å². The summed E-state index contributed by atoms with van der Waals surface area (Å²) in [5.74, 6) is -2.05. The average Bonchev–Trinajstić information content (AvgIpc) is 2.60. The fourth-order valence-electron chi connectivity index (χ4n) is 2.18. The van der Waals surface area contributed by atoms with Crippen molar-refractivity contribution < 1.29 is 39.5 Å². The molecule has 0 spiro atoms. The predicted octanol–water partition coefficient (Wildman–Crippen LogP) is 2.37. The van der Waals surface area contributed by atoms with Crippen LogP contribution in [0.1, 0.15) is 0 Å². The van der Waals surface area contributed by atoms with Crippen molar-refractivity contribution in [1.29, 1.82) is 0 Å². The van der Waals surface area contributed by atoms with Gasteiger partial charge in [-0.05, 0) is 42.5 Å². The van der Waals surface area contributed by atoms with Gasteiger partial charge in [0.05, 0.1) is 29.6 Å². The van der Waals surface area contributed by atoms with Crippen LogP contribution in [0.2, 0.25) is 0 Å². The van der Waals surface area contributed by atoms with Gasteiger partial charge in [0.15, 0.2) is 0 Å². The van der Waals surface area contributed by atoms with Gasteiger partial charge in [-0.2, -0.15) is 13.2 Å². The fourth-order valence-corrected chi connectivity index (χ4v) is 3.79. The van der Waals surface area contributed by atoms with Gasteiger partial charge in [0.1, 0.15) is 5.75 Å². The van der Waals surface area contributed by atoms with E-state index in [9.17, 15) is 34.8 Å². The number of hydrogen-bond acceptors (Lipinski definition) is 6. The Kier molecular flexibility index (Phi) is 6.51. The second-order valence-electron chi connectivity index (χ2n) is 5.87. The zero-order valence-corrected chi connectivity index (χ0v) is 17.1. The van der Waals surface area contributed by atoms with Crippen LogP contribution in [0, 0.1) is 0 Å². The van der Waals surface area contributed by atoms with Gasteiger partial charge in [-0.3, -0.25) is 14.2 Å². The van der Waals surface area contributed by atoms with Gasteiger partial charge in [-0.25, -0.2) is 16.8 Å². The summed E-state index contributed by atoms with van der Waals surface area (Å²) in [5, 5.41) is 1.59. The molecule has 164 valence electrons. The number of methoxy groups -OCH3 is 1. The Morgan fingerprint density at radius 3 is 2.00 bits per heavy atom. The molecule has 0 aliphatic carbocycles. The van der Waals surface area contributed by atoms with Gasteiger partial charge < -0.3 is 10.1 Å². The largest absolute Gasteiger partial charge is 0.495 e. The molecular weight excluding hydrogens is 451 g/mol. The van der Waals surface area contributed by atoms with E-state index in [4.69, 9.17) is 4.74 Å². The maximum Gasteiger partial charge on any atom is 0.471 e. The molecule has 1 amide bonds. The summed E-state index contributed by atoms with van der Waals surface area (Å²) >= 11 is 0. The molecule has 14 heteroatoms. The van der Waals surface area contributed by atoms with Crippen molar-refractivity contribution in [3.63, 3.8) is 0 Å². The van der Waals surface area contributed by atoms with E-state index >= 15 is 0 Å². The number of hydrogen-bond donors (Lipinski definition) is 3. The summed E-state index contributed by atoms with van der Waals surface area (Å²) in [4.78, 5) is 10.6. The summed E-state index contributed by atoms with van der Waals surface area (Å²) < 4.78 is 94.1. The number of carbonyl (C=O) groups excluding carboxylic acids is 1. The highest BCUT2D eigenvalue weighted by Crippen LogP contribution is 2.30. The number of amides is 1. The van der Waals surface area contributed by atoms with E-state index in [0.717, 1.165) is 30.5 Å². The van der Waals surface area contributed by atoms with Crippen LogP contribution in [-0.4, -0.2) is 42.3 Å². The minimum atomic E-state index is -5.08. The van der Waals surface area contributed by atoms with Gasteiger partial charge in [-0.15, -0.1) is 0 Å². The maximum atomic E-state index is 12.5. The molecule has 0 aliphatic heterocycles. The summed E-state index contributed by atoms with van der Waals surface area (Å²) in [6.07, 6.45) is -4.18. The molecule has 0 unspecified atom stereocenters. The lowest BCUT2D eigenvalue weighted by molar-refractivity contribution is -0.167. The number of halogens is 3. The second kappa shape index (κ2) is 8.39. The summed E-state index contributed by atoms with van der Waals surface area (Å²) in [7, 11) is -6.54. The molecule has 2 aromatic carbocycles. The molecule has 2 rings (SSSR count). The number of ether oxygens (including phenoxy) is 1. The minimum absolute atomic E-state index is 0.00333. The maximum absolute atomic E-state index is 12.5. The van der Waals surface area contributed by atoms with Crippen LogP contribution in [0.15, 0.2) is 47.4 Å². The monoisotopic (exact) mass is 467 g/mol. The standard InChI is InChI=1S/C16H16F3N3O6S2/c1-28-14-8-5-11(9-13(14)22-29(2,24)25)21-30(26,27)12-6-3-10(4-7-12)20-15(23)16(17,18)19/h3-9,21-22H,1-2H3,(H,20,23). The Balaban J connectivity index is 2.24. The lowest BCUT2D eigenvalue weighted by atomic mass is 10.2. The number of sulfonamides is 2. The number of anilines is 3. The van der Waals surface area contributed by atoms with Crippen molar-refractivity contribution in [3.8, 4) is 5.75 Å². The van der Waals surface area contributed by atoms with Crippen molar-refractivity contribution in [1.82, 2.24) is 0 Å². The SMILES string of the molecule is COc1ccc(NS(=O)(=O)c2ccc(NC(=O)C(F)(F)F)cc2)cc1NS(C)(=O)=O. The minimum Gasteiger partial charge on any atom is -0.495 e. The van der Waals surface area contributed by atoms with E-state index in [1.165, 1.54) is 25.3 Å². The second-order valence-corrected chi connectivity index (χ2v) is 9.30. The van der Waals surface area contributed by atoms with E-state index in [1.54, 1.807) is 5.32 Å². The highest BCUT2D eigenvalue weighted by Gasteiger charge is 2.38. The molecule has 0 atom stereocenters. The first-order chi connectivity index (χ1) is 13.7. The topological polar surface area (TPSA) is 131 Å². The predicted molar refractivity (Wildman–Crippen MR) is 103 cm³/mol. The first-order valence-corrected chi connectivity index (χ1v) is 11.3. The molecule has 3 N–H and O–H groups in total. The van der Waals surface area contributed by atoms with Gasteiger partial charge in [0.25, 0.3) is 10.0 Å². The molecule has 0 saturated heterocycles. The first kappa shape index (κ1) is 23.3. The number of carbonyl (C=O) groups is 1. The van der Waals surface area contributed by atoms with E-state index in [1.807, 2.05) is 0 Å². The van der Waals surface area contributed by atoms with Crippen LogP contribution < -0.4 is 19.5 Å². The number of rotatable bonds is 7. The summed E-state index contributed by atoms with van der Waals surface area (Å²) in [6.45, 7) is 0. The molecule has 0 heterocycles. The van der Waals surface area contributed by atoms with Crippen molar-refractivity contribution in [3.05, 3.63) is 42.5 Å². The van der Waals surface area contributed by atoms with E-state index in [0.29, 0.717) is 0 Å². The lowest BCUT2D eigenvalue weighted by Gasteiger charge is -2.13. The molecular formula is C16H16F3N3O6S2. The Bertz CT molecular complexity index is 1150. The molecule has 0 saturated carbocycles. The quantitative estimate of drug-likeness (QED) is 0.573. The molecule has 30 heavy (non-hydrogen) atoms. The van der Waals surface area contributed by atoms with Gasteiger partial charge in [0.2, 0.25) is 10.0 Å². The van der Waals surface area contributed by atoms with Crippen LogP contribution in [0.25, 0.3) is 0 Å². The van der Waals surface area contributed by atoms with Crippen molar-refractivity contribution in [2.45, 2.75) is 11.1 Å². The van der Waals surface area contributed by atoms with Crippen LogP contribution in [-0.2, 0) is 24.8 Å². The third-order valence-electron chi connectivity index (χ3n) is 3.43. The number of benzene rings is 2. The van der Waals surface area contributed by atoms with Crippen molar-refractivity contribution in [2.75, 3.05) is 28.1 Å². The highest BCUT2D eigenvalue weighted by molar-refractivity contribution is 7.92. The molecule has 0 aliphatic rings. The zero-order chi connectivity index (χ0) is 22.7. The molecule has 2 aromatic rings. The lowest BCUT2D eigenvalue weighted by Crippen LogP contribution is -2.29. The smallest absolute Gasteiger partial charge is 0.471 e. The van der Waals surface area contributed by atoms with E-state index < -0.39 is 32.1 Å². The van der Waals surface area contributed by atoms with Gasteiger partial charge >= 0.3 is 12.1 Å². The Morgan fingerprint density at radius 1 is 0.933 bits per heavy atom. The normalized spacial score (nSPS) is 12.2. The van der Waals surface area contributed by atoms with E-state index in [-0.39, 0.29) is 27.7 Å². The average molecular weight is 467 g/mol. The van der Waals surface area contributed by atoms with Crippen molar-refractivity contribution in [2.24, 2.45) is 0 Å². The van der Waals surface area contributed by atoms with Gasteiger partial charge in [-0.1, -0.05) is 0 Å². The molecule has 0 bridgehead atoms. The van der Waals surface area contributed by atoms with Crippen molar-refractivity contribution >= 4 is 43.0 Å². The molecule has 0 radical (unpaired) electrons. The van der Waals surface area contributed by atoms with Crippen LogP contribution in [0.5, 0.6) is 5.75 Å². The Hall–Kier alpha value is -3.00. The zero-order valence-electron chi connectivity index (χ0n) is 15.4. The highest BCUT2D eigenvalue weighted by atomic mass is 32.2. The molecule has 9 nitrogen and oxygen atoms in total. The number of nitrogens with one attached hydrogen (secondary N) is 3. The van der Waals surface area contributed by atoms with Crippen LogP contribution in [0.3, 0.4) is 0 Å². The Labute approximate surface area is 170 Å². The van der Waals surface area contributed by atoms with Crippen LogP contribution >= 0.6 is 0 Å². The summed E-state index contributed by atoms with van der Waals surface area (Å²) in [6, 6.07) is 7.81. The van der Waals surface area contributed by atoms with Gasteiger partial charge in [0, 0.05) is 5.69 Å². The fraction of sp³-hybridized carbons (Fsp3) is 0.188. The first-order valence-electron chi connectivity index (χ1n) is 7.88. The summed E-state index contributed by atoms with van der Waals surface area (Å²) in [5.41, 5.74) is -0.262. The molecule has 0 aromatic heterocycles. The van der Waals surface area contributed by atoms with E-state index in [2.05, 4.69) is 9.44 Å². The Morgan fingerprint density at radius 2 is 1.50 bits per heavy atom.